The summed E-state index contributed by atoms with van der Waals surface area (Å²) in [5.41, 5.74) is 0.797. The first-order valence-corrected chi connectivity index (χ1v) is 10.4. The fourth-order valence-electron chi connectivity index (χ4n) is 2.68. The highest BCUT2D eigenvalue weighted by Crippen LogP contribution is 2.33. The van der Waals surface area contributed by atoms with Crippen molar-refractivity contribution < 1.29 is 4.79 Å². The highest BCUT2D eigenvalue weighted by atomic mass is 79.9. The molecule has 0 saturated heterocycles. The second-order valence-electron chi connectivity index (χ2n) is 4.98. The summed E-state index contributed by atoms with van der Waals surface area (Å²) in [6, 6.07) is 14.8. The van der Waals surface area contributed by atoms with E-state index in [1.54, 1.807) is 23.5 Å². The van der Waals surface area contributed by atoms with E-state index in [0.29, 0.717) is 5.33 Å². The molecule has 0 aliphatic carbocycles. The Hall–Kier alpha value is -0.970. The average molecular weight is 391 g/mol. The molecule has 0 heterocycles. The summed E-state index contributed by atoms with van der Waals surface area (Å²) in [4.78, 5) is 14.7. The third-order valence-corrected chi connectivity index (χ3v) is 5.75. The molecule has 0 amide bonds. The second-order valence-corrected chi connectivity index (χ2v) is 7.30. The van der Waals surface area contributed by atoms with Gasteiger partial charge in [-0.3, -0.25) is 4.79 Å². The van der Waals surface area contributed by atoms with E-state index in [4.69, 9.17) is 0 Å². The molecule has 3 aromatic carbocycles. The molecular formula is C18H15BrOS2. The zero-order valence-corrected chi connectivity index (χ0v) is 15.6. The number of rotatable bonds is 4. The van der Waals surface area contributed by atoms with Crippen LogP contribution in [0.2, 0.25) is 0 Å². The minimum atomic E-state index is 0.123. The standard InChI is InChI=1S/C18H15BrOS2/c1-21-12-3-5-14-11(7-12)8-17(18(20)10-19)15-6-4-13(22-2)9-16(14)15/h3-9H,10H2,1-2H3. The van der Waals surface area contributed by atoms with Crippen LogP contribution in [0.15, 0.2) is 52.3 Å². The molecule has 1 nitrogen and oxygen atoms in total. The van der Waals surface area contributed by atoms with Crippen LogP contribution >= 0.6 is 39.5 Å². The SMILES string of the molecule is CSc1ccc2c(c1)cc(C(=O)CBr)c1ccc(SC)cc12. The van der Waals surface area contributed by atoms with Crippen LogP contribution in [0.4, 0.5) is 0 Å². The van der Waals surface area contributed by atoms with E-state index in [1.807, 2.05) is 6.07 Å². The molecule has 0 aliphatic heterocycles. The molecule has 0 unspecified atom stereocenters. The molecule has 3 rings (SSSR count). The Labute approximate surface area is 147 Å². The van der Waals surface area contributed by atoms with Gasteiger partial charge in [0, 0.05) is 15.4 Å². The third kappa shape index (κ3) is 2.80. The van der Waals surface area contributed by atoms with Crippen LogP contribution < -0.4 is 0 Å². The van der Waals surface area contributed by atoms with Crippen molar-refractivity contribution in [2.24, 2.45) is 0 Å². The Balaban J connectivity index is 2.43. The number of hydrogen-bond acceptors (Lipinski definition) is 3. The number of carbonyl (C=O) groups is 1. The number of hydrogen-bond donors (Lipinski definition) is 0. The molecular weight excluding hydrogens is 376 g/mol. The van der Waals surface area contributed by atoms with Crippen LogP contribution in [0.5, 0.6) is 0 Å². The summed E-state index contributed by atoms with van der Waals surface area (Å²) in [6.07, 6.45) is 4.14. The summed E-state index contributed by atoms with van der Waals surface area (Å²) in [5.74, 6) is 0.123. The van der Waals surface area contributed by atoms with E-state index in [0.717, 1.165) is 21.7 Å². The number of halogens is 1. The lowest BCUT2D eigenvalue weighted by atomic mass is 9.95. The van der Waals surface area contributed by atoms with Gasteiger partial charge in [-0.15, -0.1) is 23.5 Å². The fourth-order valence-corrected chi connectivity index (χ4v) is 3.87. The van der Waals surface area contributed by atoms with Gasteiger partial charge < -0.3 is 0 Å². The summed E-state index contributed by atoms with van der Waals surface area (Å²) in [6.45, 7) is 0. The molecule has 22 heavy (non-hydrogen) atoms. The number of fused-ring (bicyclic) bond motifs is 3. The number of alkyl halides is 1. The maximum Gasteiger partial charge on any atom is 0.174 e. The number of carbonyl (C=O) groups excluding carboxylic acids is 1. The lowest BCUT2D eigenvalue weighted by Gasteiger charge is -2.11. The maximum absolute atomic E-state index is 12.3. The topological polar surface area (TPSA) is 17.1 Å². The first kappa shape index (κ1) is 15.9. The number of benzene rings is 3. The molecule has 0 bridgehead atoms. The minimum absolute atomic E-state index is 0.123. The fraction of sp³-hybridized carbons (Fsp3) is 0.167. The molecule has 0 fully saturated rings. The van der Waals surface area contributed by atoms with Crippen LogP contribution in [-0.4, -0.2) is 23.6 Å². The van der Waals surface area contributed by atoms with E-state index in [9.17, 15) is 4.79 Å². The Morgan fingerprint density at radius 3 is 2.18 bits per heavy atom. The molecule has 4 heteroatoms. The molecule has 0 spiro atoms. The quantitative estimate of drug-likeness (QED) is 0.235. The van der Waals surface area contributed by atoms with Crippen molar-refractivity contribution in [2.45, 2.75) is 9.79 Å². The van der Waals surface area contributed by atoms with Gasteiger partial charge in [-0.05, 0) is 64.4 Å². The van der Waals surface area contributed by atoms with E-state index >= 15 is 0 Å². The van der Waals surface area contributed by atoms with Crippen molar-refractivity contribution in [3.8, 4) is 0 Å². The maximum atomic E-state index is 12.3. The van der Waals surface area contributed by atoms with Gasteiger partial charge in [0.2, 0.25) is 0 Å². The zero-order valence-electron chi connectivity index (χ0n) is 12.4. The van der Waals surface area contributed by atoms with Gasteiger partial charge in [-0.2, -0.15) is 0 Å². The number of thioether (sulfide) groups is 2. The van der Waals surface area contributed by atoms with Crippen LogP contribution in [0.1, 0.15) is 10.4 Å². The van der Waals surface area contributed by atoms with Crippen molar-refractivity contribution in [3.05, 3.63) is 48.0 Å². The summed E-state index contributed by atoms with van der Waals surface area (Å²) in [5, 5.41) is 4.87. The third-order valence-electron chi connectivity index (χ3n) is 3.79. The van der Waals surface area contributed by atoms with Crippen molar-refractivity contribution in [1.29, 1.82) is 0 Å². The van der Waals surface area contributed by atoms with E-state index in [2.05, 4.69) is 64.8 Å². The molecule has 0 aromatic heterocycles. The molecule has 0 saturated carbocycles. The van der Waals surface area contributed by atoms with Crippen LogP contribution in [-0.2, 0) is 0 Å². The second kappa shape index (κ2) is 6.65. The van der Waals surface area contributed by atoms with E-state index < -0.39 is 0 Å². The Morgan fingerprint density at radius 1 is 0.909 bits per heavy atom. The highest BCUT2D eigenvalue weighted by molar-refractivity contribution is 9.09. The van der Waals surface area contributed by atoms with Gasteiger partial charge in [-0.25, -0.2) is 0 Å². The average Bonchev–Trinajstić information content (AvgIpc) is 2.59. The molecule has 0 radical (unpaired) electrons. The van der Waals surface area contributed by atoms with Gasteiger partial charge in [0.15, 0.2) is 5.78 Å². The highest BCUT2D eigenvalue weighted by Gasteiger charge is 2.13. The smallest absolute Gasteiger partial charge is 0.174 e. The van der Waals surface area contributed by atoms with Gasteiger partial charge in [0.25, 0.3) is 0 Å². The summed E-state index contributed by atoms with van der Waals surface area (Å²) < 4.78 is 0. The van der Waals surface area contributed by atoms with Gasteiger partial charge in [0.1, 0.15) is 0 Å². The van der Waals surface area contributed by atoms with Gasteiger partial charge >= 0.3 is 0 Å². The van der Waals surface area contributed by atoms with Crippen LogP contribution in [0.25, 0.3) is 21.5 Å². The molecule has 0 atom stereocenters. The lowest BCUT2D eigenvalue weighted by Crippen LogP contribution is -2.01. The Morgan fingerprint density at radius 2 is 1.55 bits per heavy atom. The van der Waals surface area contributed by atoms with Crippen molar-refractivity contribution >= 4 is 66.8 Å². The van der Waals surface area contributed by atoms with Crippen LogP contribution in [0, 0.1) is 0 Å². The van der Waals surface area contributed by atoms with Gasteiger partial charge in [-0.1, -0.05) is 28.1 Å². The number of Topliss-reactive ketones (excluding diaryl/α,β-unsaturated/α-hetero) is 1. The van der Waals surface area contributed by atoms with Crippen LogP contribution in [0.3, 0.4) is 0 Å². The predicted octanol–water partition coefficient (Wildman–Crippen LogP) is 6.01. The Kier molecular flexibility index (Phi) is 4.81. The van der Waals surface area contributed by atoms with Crippen molar-refractivity contribution in [1.82, 2.24) is 0 Å². The first-order valence-electron chi connectivity index (χ1n) is 6.85. The van der Waals surface area contributed by atoms with Gasteiger partial charge in [0.05, 0.1) is 5.33 Å². The first-order chi connectivity index (χ1) is 10.7. The van der Waals surface area contributed by atoms with Crippen molar-refractivity contribution in [2.75, 3.05) is 17.8 Å². The molecule has 112 valence electrons. The minimum Gasteiger partial charge on any atom is -0.293 e. The van der Waals surface area contributed by atoms with E-state index in [-0.39, 0.29) is 5.78 Å². The monoisotopic (exact) mass is 390 g/mol. The molecule has 3 aromatic rings. The summed E-state index contributed by atoms with van der Waals surface area (Å²) in [7, 11) is 0. The molecule has 0 aliphatic rings. The zero-order chi connectivity index (χ0) is 15.7. The largest absolute Gasteiger partial charge is 0.293 e. The van der Waals surface area contributed by atoms with E-state index in [1.165, 1.54) is 15.2 Å². The number of ketones is 1. The normalized spacial score (nSPS) is 11.2. The summed E-state index contributed by atoms with van der Waals surface area (Å²) >= 11 is 6.74. The predicted molar refractivity (Wildman–Crippen MR) is 103 cm³/mol. The lowest BCUT2D eigenvalue weighted by molar-refractivity contribution is 0.102. The molecule has 0 N–H and O–H groups in total. The Bertz CT molecular complexity index is 874. The van der Waals surface area contributed by atoms with Crippen molar-refractivity contribution in [3.63, 3.8) is 0 Å².